The van der Waals surface area contributed by atoms with Gasteiger partial charge in [0.05, 0.1) is 0 Å². The monoisotopic (exact) mass is 339 g/mol. The van der Waals surface area contributed by atoms with E-state index in [2.05, 4.69) is 26.1 Å². The predicted molar refractivity (Wildman–Crippen MR) is 87.7 cm³/mol. The molecule has 1 aromatic rings. The van der Waals surface area contributed by atoms with Gasteiger partial charge in [-0.2, -0.15) is 0 Å². The Kier molecular flexibility index (Phi) is 3.67. The van der Waals surface area contributed by atoms with Crippen molar-refractivity contribution in [3.05, 3.63) is 23.7 Å². The maximum Gasteiger partial charge on any atom is 0.287 e. The van der Waals surface area contributed by atoms with Gasteiger partial charge < -0.3 is 9.73 Å². The first-order valence-corrected chi connectivity index (χ1v) is 10.2. The minimum absolute atomic E-state index is 0.107. The Hall–Kier alpha value is -1.30. The van der Waals surface area contributed by atoms with Crippen LogP contribution in [0.1, 0.15) is 56.3 Å². The predicted octanol–water partition coefficient (Wildman–Crippen LogP) is 2.77. The third kappa shape index (κ3) is 2.71. The highest BCUT2D eigenvalue weighted by Crippen LogP contribution is 2.65. The molecule has 2 aliphatic carbocycles. The molecule has 2 saturated carbocycles. The average Bonchev–Trinajstić information content (AvgIpc) is 2.99. The first kappa shape index (κ1) is 16.6. The molecule has 6 heteroatoms. The zero-order valence-corrected chi connectivity index (χ0v) is 15.0. The molecule has 1 N–H and O–H groups in total. The molecule has 2 bridgehead atoms. The third-order valence-corrected chi connectivity index (χ3v) is 7.20. The van der Waals surface area contributed by atoms with Gasteiger partial charge >= 0.3 is 0 Å². The summed E-state index contributed by atoms with van der Waals surface area (Å²) in [6.07, 6.45) is 4.52. The van der Waals surface area contributed by atoms with Crippen molar-refractivity contribution >= 4 is 15.7 Å². The SMILES string of the molecule is CC1(C)C2CCC1(C)C(NC(=O)c1ccc(CS(C)(=O)=O)o1)C2. The zero-order chi connectivity index (χ0) is 17.0. The number of carbonyl (C=O) groups is 1. The normalized spacial score (nSPS) is 32.2. The summed E-state index contributed by atoms with van der Waals surface area (Å²) >= 11 is 0. The molecule has 5 nitrogen and oxygen atoms in total. The minimum atomic E-state index is -3.17. The summed E-state index contributed by atoms with van der Waals surface area (Å²) in [5.41, 5.74) is 0.338. The van der Waals surface area contributed by atoms with E-state index in [4.69, 9.17) is 4.42 Å². The van der Waals surface area contributed by atoms with E-state index in [0.717, 1.165) is 19.1 Å². The molecule has 0 saturated heterocycles. The summed E-state index contributed by atoms with van der Waals surface area (Å²) in [6, 6.07) is 3.26. The molecule has 1 amide bonds. The van der Waals surface area contributed by atoms with Crippen LogP contribution in [0, 0.1) is 16.7 Å². The van der Waals surface area contributed by atoms with Crippen LogP contribution in [0.3, 0.4) is 0 Å². The fraction of sp³-hybridized carbons (Fsp3) is 0.706. The number of sulfone groups is 1. The lowest BCUT2D eigenvalue weighted by Crippen LogP contribution is -2.46. The topological polar surface area (TPSA) is 76.4 Å². The van der Waals surface area contributed by atoms with Crippen molar-refractivity contribution in [1.82, 2.24) is 5.32 Å². The van der Waals surface area contributed by atoms with Crippen molar-refractivity contribution in [3.8, 4) is 0 Å². The molecular weight excluding hydrogens is 314 g/mol. The summed E-state index contributed by atoms with van der Waals surface area (Å²) in [5, 5.41) is 3.12. The molecule has 3 unspecified atom stereocenters. The Bertz CT molecular complexity index is 734. The van der Waals surface area contributed by atoms with Gasteiger partial charge in [-0.3, -0.25) is 4.79 Å². The van der Waals surface area contributed by atoms with Gasteiger partial charge in [0.15, 0.2) is 15.6 Å². The standard InChI is InChI=1S/C17H25NO4S/c1-16(2)11-7-8-17(16,3)14(9-11)18-15(19)13-6-5-12(22-13)10-23(4,20)21/h5-6,11,14H,7-10H2,1-4H3,(H,18,19). The van der Waals surface area contributed by atoms with Crippen LogP contribution in [-0.2, 0) is 15.6 Å². The maximum atomic E-state index is 12.5. The Morgan fingerprint density at radius 1 is 1.35 bits per heavy atom. The van der Waals surface area contributed by atoms with Crippen LogP contribution in [0.5, 0.6) is 0 Å². The smallest absolute Gasteiger partial charge is 0.287 e. The van der Waals surface area contributed by atoms with Gasteiger partial charge in [-0.05, 0) is 48.1 Å². The fourth-order valence-corrected chi connectivity index (χ4v) is 5.16. The summed E-state index contributed by atoms with van der Waals surface area (Å²) < 4.78 is 28.0. The molecule has 3 rings (SSSR count). The van der Waals surface area contributed by atoms with E-state index in [9.17, 15) is 13.2 Å². The molecule has 23 heavy (non-hydrogen) atoms. The second-order valence-electron chi connectivity index (χ2n) is 7.97. The van der Waals surface area contributed by atoms with Gasteiger partial charge in [-0.15, -0.1) is 0 Å². The number of nitrogens with one attached hydrogen (secondary N) is 1. The quantitative estimate of drug-likeness (QED) is 0.915. The average molecular weight is 339 g/mol. The molecule has 0 aromatic carbocycles. The van der Waals surface area contributed by atoms with Crippen LogP contribution in [0.4, 0.5) is 0 Å². The number of furan rings is 1. The third-order valence-electron chi connectivity index (χ3n) is 6.39. The fourth-order valence-electron chi connectivity index (χ4n) is 4.49. The molecule has 2 aliphatic rings. The first-order valence-electron chi connectivity index (χ1n) is 8.10. The minimum Gasteiger partial charge on any atom is -0.455 e. The van der Waals surface area contributed by atoms with E-state index in [1.165, 1.54) is 6.42 Å². The molecule has 128 valence electrons. The van der Waals surface area contributed by atoms with E-state index < -0.39 is 9.84 Å². The van der Waals surface area contributed by atoms with Gasteiger partial charge in [0, 0.05) is 12.3 Å². The van der Waals surface area contributed by atoms with Gasteiger partial charge in [-0.25, -0.2) is 8.42 Å². The van der Waals surface area contributed by atoms with Crippen molar-refractivity contribution in [1.29, 1.82) is 0 Å². The Labute approximate surface area is 137 Å². The molecular formula is C17H25NO4S. The molecule has 0 aliphatic heterocycles. The Morgan fingerprint density at radius 3 is 2.57 bits per heavy atom. The van der Waals surface area contributed by atoms with Crippen molar-refractivity contribution < 1.29 is 17.6 Å². The molecule has 1 heterocycles. The summed E-state index contributed by atoms with van der Waals surface area (Å²) in [4.78, 5) is 12.5. The lowest BCUT2D eigenvalue weighted by molar-refractivity contribution is 0.0799. The summed E-state index contributed by atoms with van der Waals surface area (Å²) in [5.74, 6) is 0.704. The maximum absolute atomic E-state index is 12.5. The zero-order valence-electron chi connectivity index (χ0n) is 14.2. The molecule has 0 spiro atoms. The number of carbonyl (C=O) groups excluding carboxylic acids is 1. The van der Waals surface area contributed by atoms with Crippen molar-refractivity contribution in [2.45, 2.75) is 51.8 Å². The van der Waals surface area contributed by atoms with Crippen LogP contribution in [0.2, 0.25) is 0 Å². The van der Waals surface area contributed by atoms with Gasteiger partial charge in [0.25, 0.3) is 5.91 Å². The number of hydrogen-bond donors (Lipinski definition) is 1. The van der Waals surface area contributed by atoms with E-state index in [0.29, 0.717) is 11.7 Å². The molecule has 1 aromatic heterocycles. The second kappa shape index (κ2) is 5.10. The second-order valence-corrected chi connectivity index (χ2v) is 10.1. The van der Waals surface area contributed by atoms with Crippen LogP contribution < -0.4 is 5.32 Å². The van der Waals surface area contributed by atoms with Crippen LogP contribution >= 0.6 is 0 Å². The summed E-state index contributed by atoms with van der Waals surface area (Å²) in [6.45, 7) is 6.87. The van der Waals surface area contributed by atoms with E-state index in [1.807, 2.05) is 0 Å². The molecule has 3 atom stereocenters. The number of hydrogen-bond acceptors (Lipinski definition) is 4. The van der Waals surface area contributed by atoms with E-state index in [-0.39, 0.29) is 34.3 Å². The number of amides is 1. The van der Waals surface area contributed by atoms with Gasteiger partial charge in [-0.1, -0.05) is 20.8 Å². The molecule has 2 fully saturated rings. The highest BCUT2D eigenvalue weighted by atomic mass is 32.2. The Morgan fingerprint density at radius 2 is 2.04 bits per heavy atom. The Balaban J connectivity index is 1.71. The molecule has 0 radical (unpaired) electrons. The van der Waals surface area contributed by atoms with E-state index in [1.54, 1.807) is 12.1 Å². The highest BCUT2D eigenvalue weighted by Gasteiger charge is 2.61. The number of rotatable bonds is 4. The van der Waals surface area contributed by atoms with Crippen molar-refractivity contribution in [2.75, 3.05) is 6.26 Å². The lowest BCUT2D eigenvalue weighted by atomic mass is 9.69. The highest BCUT2D eigenvalue weighted by molar-refractivity contribution is 7.89. The van der Waals surface area contributed by atoms with Crippen molar-refractivity contribution in [3.63, 3.8) is 0 Å². The largest absolute Gasteiger partial charge is 0.455 e. The van der Waals surface area contributed by atoms with Gasteiger partial charge in [0.2, 0.25) is 0 Å². The van der Waals surface area contributed by atoms with Crippen LogP contribution in [0.25, 0.3) is 0 Å². The van der Waals surface area contributed by atoms with Gasteiger partial charge in [0.1, 0.15) is 11.5 Å². The first-order chi connectivity index (χ1) is 10.5. The van der Waals surface area contributed by atoms with Crippen LogP contribution in [-0.4, -0.2) is 26.6 Å². The van der Waals surface area contributed by atoms with E-state index >= 15 is 0 Å². The lowest BCUT2D eigenvalue weighted by Gasteiger charge is -2.39. The van der Waals surface area contributed by atoms with Crippen LogP contribution in [0.15, 0.2) is 16.5 Å². The van der Waals surface area contributed by atoms with Crippen molar-refractivity contribution in [2.24, 2.45) is 16.7 Å². The summed E-state index contributed by atoms with van der Waals surface area (Å²) in [7, 11) is -3.17. The number of fused-ring (bicyclic) bond motifs is 2.